The van der Waals surface area contributed by atoms with Gasteiger partial charge in [0.15, 0.2) is 0 Å². The third-order valence-corrected chi connectivity index (χ3v) is 1.28. The fourth-order valence-electron chi connectivity index (χ4n) is 0.690. The molecule has 2 nitrogen and oxygen atoms in total. The van der Waals surface area contributed by atoms with Crippen molar-refractivity contribution >= 4 is 12.6 Å². The Kier molecular flexibility index (Phi) is 2.09. The zero-order valence-corrected chi connectivity index (χ0v) is 5.49. The second-order valence-corrected chi connectivity index (χ2v) is 2.12. The van der Waals surface area contributed by atoms with E-state index in [1.54, 1.807) is 24.3 Å². The summed E-state index contributed by atoms with van der Waals surface area (Å²) in [5.74, 6) is 0. The molecule has 2 N–H and O–H groups in total. The van der Waals surface area contributed by atoms with E-state index < -0.39 is 7.12 Å². The Morgan fingerprint density at radius 1 is 1.10 bits per heavy atom. The lowest BCUT2D eigenvalue weighted by Gasteiger charge is -1.97. The second-order valence-electron chi connectivity index (χ2n) is 2.12. The molecular formula is C7H8BO2. The third-order valence-electron chi connectivity index (χ3n) is 1.28. The first-order valence-corrected chi connectivity index (χ1v) is 2.98. The summed E-state index contributed by atoms with van der Waals surface area (Å²) in [4.78, 5) is 0. The molecule has 10 heavy (non-hydrogen) atoms. The molecule has 0 aliphatic carbocycles. The van der Waals surface area contributed by atoms with E-state index in [0.717, 1.165) is 5.56 Å². The summed E-state index contributed by atoms with van der Waals surface area (Å²) in [6.07, 6.45) is 0. The van der Waals surface area contributed by atoms with Crippen molar-refractivity contribution in [3.63, 3.8) is 0 Å². The molecule has 0 heterocycles. The van der Waals surface area contributed by atoms with Gasteiger partial charge in [0.2, 0.25) is 0 Å². The van der Waals surface area contributed by atoms with E-state index in [-0.39, 0.29) is 0 Å². The lowest BCUT2D eigenvalue weighted by atomic mass is 9.80. The summed E-state index contributed by atoms with van der Waals surface area (Å²) >= 11 is 0. The summed E-state index contributed by atoms with van der Waals surface area (Å²) in [5.41, 5.74) is 1.36. The van der Waals surface area contributed by atoms with Crippen molar-refractivity contribution in [2.75, 3.05) is 0 Å². The first-order valence-electron chi connectivity index (χ1n) is 2.98. The molecule has 0 fully saturated rings. The lowest BCUT2D eigenvalue weighted by molar-refractivity contribution is 0.426. The molecule has 1 aromatic carbocycles. The summed E-state index contributed by atoms with van der Waals surface area (Å²) in [6, 6.07) is 6.73. The highest BCUT2D eigenvalue weighted by molar-refractivity contribution is 6.58. The van der Waals surface area contributed by atoms with Crippen LogP contribution in [0.15, 0.2) is 24.3 Å². The normalized spacial score (nSPS) is 9.50. The first kappa shape index (κ1) is 7.31. The Labute approximate surface area is 60.3 Å². The van der Waals surface area contributed by atoms with Crippen molar-refractivity contribution in [3.8, 4) is 0 Å². The molecule has 0 spiro atoms. The summed E-state index contributed by atoms with van der Waals surface area (Å²) in [6.45, 7) is 3.66. The number of hydrogen-bond donors (Lipinski definition) is 2. The van der Waals surface area contributed by atoms with Crippen molar-refractivity contribution in [1.29, 1.82) is 0 Å². The van der Waals surface area contributed by atoms with Gasteiger partial charge >= 0.3 is 7.12 Å². The molecular weight excluding hydrogens is 127 g/mol. The van der Waals surface area contributed by atoms with Gasteiger partial charge in [0.25, 0.3) is 0 Å². The van der Waals surface area contributed by atoms with Gasteiger partial charge in [0.1, 0.15) is 0 Å². The fourth-order valence-corrected chi connectivity index (χ4v) is 0.690. The van der Waals surface area contributed by atoms with Gasteiger partial charge in [-0.25, -0.2) is 0 Å². The molecule has 1 radical (unpaired) electrons. The van der Waals surface area contributed by atoms with Gasteiger partial charge in [-0.2, -0.15) is 0 Å². The molecule has 0 atom stereocenters. The SMILES string of the molecule is [CH2]c1ccc(B(O)O)cc1. The van der Waals surface area contributed by atoms with Gasteiger partial charge in [0.05, 0.1) is 0 Å². The maximum atomic E-state index is 8.65. The minimum Gasteiger partial charge on any atom is -0.423 e. The van der Waals surface area contributed by atoms with Crippen LogP contribution in [0.2, 0.25) is 0 Å². The smallest absolute Gasteiger partial charge is 0.423 e. The molecule has 1 rings (SSSR count). The Hall–Kier alpha value is -0.795. The Morgan fingerprint density at radius 2 is 1.60 bits per heavy atom. The Morgan fingerprint density at radius 3 is 2.00 bits per heavy atom. The fraction of sp³-hybridized carbons (Fsp3) is 0. The number of hydrogen-bond acceptors (Lipinski definition) is 2. The molecule has 0 saturated carbocycles. The molecule has 0 aliphatic rings. The van der Waals surface area contributed by atoms with Crippen LogP contribution in [0, 0.1) is 6.92 Å². The highest BCUT2D eigenvalue weighted by Gasteiger charge is 2.08. The van der Waals surface area contributed by atoms with Crippen LogP contribution in [0.1, 0.15) is 5.56 Å². The molecule has 0 amide bonds. The molecule has 0 saturated heterocycles. The Balaban J connectivity index is 2.89. The van der Waals surface area contributed by atoms with Crippen molar-refractivity contribution in [2.45, 2.75) is 0 Å². The molecule has 1 aromatic rings. The predicted octanol–water partition coefficient (Wildman–Crippen LogP) is -0.451. The molecule has 0 aliphatic heterocycles. The van der Waals surface area contributed by atoms with Gasteiger partial charge in [0, 0.05) is 0 Å². The topological polar surface area (TPSA) is 40.5 Å². The zero-order chi connectivity index (χ0) is 7.56. The number of benzene rings is 1. The maximum Gasteiger partial charge on any atom is 0.488 e. The largest absolute Gasteiger partial charge is 0.488 e. The summed E-state index contributed by atoms with van der Waals surface area (Å²) < 4.78 is 0. The van der Waals surface area contributed by atoms with Gasteiger partial charge < -0.3 is 10.0 Å². The van der Waals surface area contributed by atoms with Crippen molar-refractivity contribution in [1.82, 2.24) is 0 Å². The van der Waals surface area contributed by atoms with E-state index in [1.165, 1.54) is 0 Å². The van der Waals surface area contributed by atoms with Crippen LogP contribution in [-0.2, 0) is 0 Å². The van der Waals surface area contributed by atoms with Crippen LogP contribution >= 0.6 is 0 Å². The molecule has 51 valence electrons. The van der Waals surface area contributed by atoms with Crippen LogP contribution in [0.3, 0.4) is 0 Å². The van der Waals surface area contributed by atoms with Crippen LogP contribution in [0.4, 0.5) is 0 Å². The first-order chi connectivity index (χ1) is 4.70. The molecule has 0 unspecified atom stereocenters. The molecule has 0 bridgehead atoms. The lowest BCUT2D eigenvalue weighted by Crippen LogP contribution is -2.29. The Bertz CT molecular complexity index is 205. The van der Waals surface area contributed by atoms with Crippen molar-refractivity contribution in [3.05, 3.63) is 36.8 Å². The summed E-state index contributed by atoms with van der Waals surface area (Å²) in [5, 5.41) is 17.3. The van der Waals surface area contributed by atoms with E-state index in [0.29, 0.717) is 5.46 Å². The average Bonchev–Trinajstić information content (AvgIpc) is 1.88. The van der Waals surface area contributed by atoms with Crippen molar-refractivity contribution < 1.29 is 10.0 Å². The standard InChI is InChI=1S/C7H8BO2/c1-6-2-4-7(5-3-6)8(9)10/h2-5,9-10H,1H2. The van der Waals surface area contributed by atoms with Crippen LogP contribution < -0.4 is 5.46 Å². The minimum atomic E-state index is -1.37. The molecule has 0 aromatic heterocycles. The maximum absolute atomic E-state index is 8.65. The van der Waals surface area contributed by atoms with E-state index in [1.807, 2.05) is 0 Å². The molecule has 3 heteroatoms. The third kappa shape index (κ3) is 1.59. The van der Waals surface area contributed by atoms with Crippen LogP contribution in [-0.4, -0.2) is 17.2 Å². The van der Waals surface area contributed by atoms with Gasteiger partial charge in [-0.15, -0.1) is 0 Å². The highest BCUT2D eigenvalue weighted by atomic mass is 16.4. The van der Waals surface area contributed by atoms with Crippen molar-refractivity contribution in [2.24, 2.45) is 0 Å². The van der Waals surface area contributed by atoms with E-state index in [9.17, 15) is 0 Å². The van der Waals surface area contributed by atoms with Gasteiger partial charge in [-0.05, 0) is 17.9 Å². The quantitative estimate of drug-likeness (QED) is 0.512. The van der Waals surface area contributed by atoms with Gasteiger partial charge in [-0.1, -0.05) is 24.3 Å². The number of rotatable bonds is 1. The minimum absolute atomic E-state index is 0.493. The second kappa shape index (κ2) is 2.86. The summed E-state index contributed by atoms with van der Waals surface area (Å²) in [7, 11) is -1.37. The van der Waals surface area contributed by atoms with Gasteiger partial charge in [-0.3, -0.25) is 0 Å². The monoisotopic (exact) mass is 135 g/mol. The average molecular weight is 135 g/mol. The predicted molar refractivity (Wildman–Crippen MR) is 40.7 cm³/mol. The van der Waals surface area contributed by atoms with Crippen LogP contribution in [0.5, 0.6) is 0 Å². The van der Waals surface area contributed by atoms with Crippen LogP contribution in [0.25, 0.3) is 0 Å². The van der Waals surface area contributed by atoms with E-state index in [4.69, 9.17) is 10.0 Å². The zero-order valence-electron chi connectivity index (χ0n) is 5.49. The highest BCUT2D eigenvalue weighted by Crippen LogP contribution is 1.92. The van der Waals surface area contributed by atoms with E-state index in [2.05, 4.69) is 6.92 Å². The van der Waals surface area contributed by atoms with E-state index >= 15 is 0 Å².